The Morgan fingerprint density at radius 1 is 1.09 bits per heavy atom. The maximum Gasteiger partial charge on any atom is 0.328 e. The minimum atomic E-state index is -0.498. The van der Waals surface area contributed by atoms with Crippen molar-refractivity contribution in [2.75, 3.05) is 25.7 Å². The number of fused-ring (bicyclic) bond motifs is 1. The molecule has 3 atom stereocenters. The fourth-order valence-corrected chi connectivity index (χ4v) is 4.81. The molecule has 1 aliphatic carbocycles. The Kier molecular flexibility index (Phi) is 7.26. The molecule has 2 fully saturated rings. The number of hydrogen-bond donors (Lipinski definition) is 2. The van der Waals surface area contributed by atoms with Gasteiger partial charge in [-0.3, -0.25) is 9.59 Å². The number of urea groups is 1. The zero-order valence-electron chi connectivity index (χ0n) is 19.2. The predicted octanol–water partition coefficient (Wildman–Crippen LogP) is 3.56. The largest absolute Gasteiger partial charge is 0.493 e. The third kappa shape index (κ3) is 4.97. The average molecular weight is 486 g/mol. The van der Waals surface area contributed by atoms with Gasteiger partial charge in [-0.05, 0) is 55.5 Å². The topological polar surface area (TPSA) is 97.0 Å². The van der Waals surface area contributed by atoms with Crippen molar-refractivity contribution in [3.8, 4) is 11.5 Å². The van der Waals surface area contributed by atoms with Gasteiger partial charge in [-0.25, -0.2) is 9.69 Å². The number of amides is 4. The third-order valence-corrected chi connectivity index (χ3v) is 6.77. The van der Waals surface area contributed by atoms with Gasteiger partial charge in [-0.1, -0.05) is 23.7 Å². The smallest absolute Gasteiger partial charge is 0.328 e. The van der Waals surface area contributed by atoms with Crippen molar-refractivity contribution in [1.82, 2.24) is 10.6 Å². The van der Waals surface area contributed by atoms with Crippen LogP contribution in [0.25, 0.3) is 0 Å². The van der Waals surface area contributed by atoms with Gasteiger partial charge in [0.2, 0.25) is 11.8 Å². The molecule has 34 heavy (non-hydrogen) atoms. The van der Waals surface area contributed by atoms with E-state index in [1.165, 1.54) is 14.2 Å². The minimum absolute atomic E-state index is 0.0450. The van der Waals surface area contributed by atoms with E-state index in [2.05, 4.69) is 10.6 Å². The summed E-state index contributed by atoms with van der Waals surface area (Å²) in [5.41, 5.74) is 1.51. The van der Waals surface area contributed by atoms with Crippen LogP contribution in [0, 0.1) is 11.8 Å². The number of imide groups is 1. The Hall–Kier alpha value is -3.26. The normalized spacial score (nSPS) is 22.0. The van der Waals surface area contributed by atoms with Gasteiger partial charge in [-0.2, -0.15) is 0 Å². The first-order valence-corrected chi connectivity index (χ1v) is 11.7. The van der Waals surface area contributed by atoms with Crippen LogP contribution in [0.4, 0.5) is 10.5 Å². The lowest BCUT2D eigenvalue weighted by Crippen LogP contribution is -2.62. The number of ether oxygens (including phenoxy) is 2. The highest BCUT2D eigenvalue weighted by atomic mass is 35.5. The van der Waals surface area contributed by atoms with E-state index in [0.717, 1.165) is 10.5 Å². The number of rotatable bonds is 7. The van der Waals surface area contributed by atoms with Gasteiger partial charge in [0.25, 0.3) is 0 Å². The van der Waals surface area contributed by atoms with Crippen molar-refractivity contribution in [1.29, 1.82) is 0 Å². The van der Waals surface area contributed by atoms with Crippen molar-refractivity contribution in [2.24, 2.45) is 11.8 Å². The van der Waals surface area contributed by atoms with Gasteiger partial charge >= 0.3 is 6.03 Å². The lowest BCUT2D eigenvalue weighted by Gasteiger charge is -2.42. The van der Waals surface area contributed by atoms with Gasteiger partial charge in [0.05, 0.1) is 25.8 Å². The summed E-state index contributed by atoms with van der Waals surface area (Å²) in [7, 11) is 3.02. The highest BCUT2D eigenvalue weighted by Gasteiger charge is 2.46. The minimum Gasteiger partial charge on any atom is -0.493 e. The first-order valence-electron chi connectivity index (χ1n) is 11.3. The van der Waals surface area contributed by atoms with Crippen molar-refractivity contribution in [3.05, 3.63) is 53.1 Å². The van der Waals surface area contributed by atoms with E-state index in [1.807, 2.05) is 24.3 Å². The molecular formula is C25H28ClN3O5. The van der Waals surface area contributed by atoms with E-state index >= 15 is 0 Å². The van der Waals surface area contributed by atoms with Crippen LogP contribution in [0.15, 0.2) is 42.5 Å². The molecule has 1 heterocycles. The summed E-state index contributed by atoms with van der Waals surface area (Å²) in [5.74, 6) is 0.0217. The summed E-state index contributed by atoms with van der Waals surface area (Å²) in [5, 5.41) is 6.60. The molecule has 1 aliphatic heterocycles. The van der Waals surface area contributed by atoms with Gasteiger partial charge in [0.15, 0.2) is 11.5 Å². The molecule has 0 radical (unpaired) electrons. The van der Waals surface area contributed by atoms with Crippen LogP contribution in [0.3, 0.4) is 0 Å². The van der Waals surface area contributed by atoms with Crippen LogP contribution in [0.1, 0.15) is 24.8 Å². The number of nitrogens with one attached hydrogen (secondary N) is 2. The molecular weight excluding hydrogens is 458 g/mol. The van der Waals surface area contributed by atoms with Crippen LogP contribution in [0.2, 0.25) is 5.02 Å². The molecule has 0 spiro atoms. The van der Waals surface area contributed by atoms with E-state index in [4.69, 9.17) is 21.1 Å². The monoisotopic (exact) mass is 485 g/mol. The van der Waals surface area contributed by atoms with Crippen molar-refractivity contribution in [3.63, 3.8) is 0 Å². The second kappa shape index (κ2) is 10.3. The summed E-state index contributed by atoms with van der Waals surface area (Å²) in [6.45, 7) is 0.517. The maximum absolute atomic E-state index is 13.2. The fourth-order valence-electron chi connectivity index (χ4n) is 4.69. The Morgan fingerprint density at radius 2 is 1.82 bits per heavy atom. The van der Waals surface area contributed by atoms with Crippen LogP contribution in [-0.2, 0) is 16.0 Å². The van der Waals surface area contributed by atoms with Crippen LogP contribution < -0.4 is 25.0 Å². The molecule has 8 nitrogen and oxygen atoms in total. The van der Waals surface area contributed by atoms with Gasteiger partial charge < -0.3 is 20.1 Å². The zero-order valence-corrected chi connectivity index (χ0v) is 19.9. The number of anilines is 1. The molecule has 2 N–H and O–H groups in total. The number of nitrogens with zero attached hydrogens (tertiary/aromatic N) is 1. The Bertz CT molecular complexity index is 1070. The van der Waals surface area contributed by atoms with E-state index in [-0.39, 0.29) is 29.7 Å². The quantitative estimate of drug-likeness (QED) is 0.625. The Balaban J connectivity index is 1.36. The number of halogens is 1. The first-order chi connectivity index (χ1) is 16.4. The zero-order chi connectivity index (χ0) is 24.2. The second-order valence-electron chi connectivity index (χ2n) is 8.55. The van der Waals surface area contributed by atoms with Gasteiger partial charge in [0.1, 0.15) is 0 Å². The number of carbonyl (C=O) groups is 3. The van der Waals surface area contributed by atoms with E-state index in [1.54, 1.807) is 18.2 Å². The van der Waals surface area contributed by atoms with Crippen LogP contribution in [0.5, 0.6) is 11.5 Å². The summed E-state index contributed by atoms with van der Waals surface area (Å²) in [6.07, 6.45) is 2.27. The van der Waals surface area contributed by atoms with Gasteiger partial charge in [0, 0.05) is 29.6 Å². The maximum atomic E-state index is 13.2. The van der Waals surface area contributed by atoms with E-state index < -0.39 is 6.03 Å². The molecule has 0 aromatic heterocycles. The van der Waals surface area contributed by atoms with E-state index in [0.29, 0.717) is 54.4 Å². The van der Waals surface area contributed by atoms with Crippen molar-refractivity contribution < 1.29 is 23.9 Å². The first kappa shape index (κ1) is 23.9. The lowest BCUT2D eigenvalue weighted by molar-refractivity contribution is -0.130. The highest BCUT2D eigenvalue weighted by Crippen LogP contribution is 2.37. The molecule has 1 saturated heterocycles. The predicted molar refractivity (Wildman–Crippen MR) is 128 cm³/mol. The van der Waals surface area contributed by atoms with Gasteiger partial charge in [-0.15, -0.1) is 0 Å². The number of hydrogen-bond acceptors (Lipinski definition) is 5. The molecule has 2 aliphatic rings. The molecule has 2 aromatic rings. The second-order valence-corrected chi connectivity index (χ2v) is 8.99. The van der Waals surface area contributed by atoms with Crippen molar-refractivity contribution in [2.45, 2.75) is 31.7 Å². The Morgan fingerprint density at radius 3 is 2.53 bits per heavy atom. The summed E-state index contributed by atoms with van der Waals surface area (Å²) < 4.78 is 10.5. The molecule has 4 rings (SSSR count). The van der Waals surface area contributed by atoms with Crippen LogP contribution >= 0.6 is 11.6 Å². The third-order valence-electron chi connectivity index (χ3n) is 6.52. The molecule has 180 valence electrons. The molecule has 0 bridgehead atoms. The van der Waals surface area contributed by atoms with Crippen LogP contribution in [-0.4, -0.2) is 44.7 Å². The number of carbonyl (C=O) groups excluding carboxylic acids is 3. The summed E-state index contributed by atoms with van der Waals surface area (Å²) in [4.78, 5) is 40.0. The Labute approximate surface area is 203 Å². The number of benzene rings is 2. The highest BCUT2D eigenvalue weighted by molar-refractivity contribution is 6.30. The lowest BCUT2D eigenvalue weighted by atomic mass is 9.76. The molecule has 1 saturated carbocycles. The standard InChI is InChI=1S/C25H28ClN3O5/c1-33-21-10-8-18(14-22(21)34-2)29-24(31)19-9-5-16(13-20(19)28-25(29)32)23(30)27-12-11-15-3-6-17(26)7-4-15/h3-4,6-8,10,14,16,19-20H,5,9,11-13H2,1-2H3,(H,27,30)(H,28,32). The summed E-state index contributed by atoms with van der Waals surface area (Å²) in [6, 6.07) is 11.6. The SMILES string of the molecule is COc1ccc(N2C(=O)NC3CC(C(=O)NCCc4ccc(Cl)cc4)CCC3C2=O)cc1OC. The van der Waals surface area contributed by atoms with Crippen molar-refractivity contribution >= 4 is 35.1 Å². The average Bonchev–Trinajstić information content (AvgIpc) is 2.84. The summed E-state index contributed by atoms with van der Waals surface area (Å²) >= 11 is 5.91. The molecule has 2 aromatic carbocycles. The molecule has 4 amide bonds. The van der Waals surface area contributed by atoms with E-state index in [9.17, 15) is 14.4 Å². The fraction of sp³-hybridized carbons (Fsp3) is 0.400. The molecule has 3 unspecified atom stereocenters. The molecule has 9 heteroatoms. The number of methoxy groups -OCH3 is 2.